The number of aromatic nitrogens is 3. The summed E-state index contributed by atoms with van der Waals surface area (Å²) < 4.78 is 0. The lowest BCUT2D eigenvalue weighted by Gasteiger charge is -2.24. The second kappa shape index (κ2) is 7.62. The highest BCUT2D eigenvalue weighted by Crippen LogP contribution is 2.25. The number of rotatable bonds is 4. The minimum atomic E-state index is 0.443. The van der Waals surface area contributed by atoms with Crippen LogP contribution < -0.4 is 10.6 Å². The first-order valence-corrected chi connectivity index (χ1v) is 9.12. The van der Waals surface area contributed by atoms with Crippen molar-refractivity contribution in [3.05, 3.63) is 60.4 Å². The molecular weight excluding hydrogens is 322 g/mol. The normalized spacial score (nSPS) is 15.0. The maximum atomic E-state index is 4.79. The maximum absolute atomic E-state index is 4.79. The highest BCUT2D eigenvalue weighted by molar-refractivity contribution is 5.67. The first-order valence-electron chi connectivity index (χ1n) is 9.12. The topological polar surface area (TPSA) is 62.7 Å². The summed E-state index contributed by atoms with van der Waals surface area (Å²) in [7, 11) is 0. The number of nitrogens with zero attached hydrogens (tertiary/aromatic N) is 3. The van der Waals surface area contributed by atoms with Crippen molar-refractivity contribution in [3.8, 4) is 22.6 Å². The monoisotopic (exact) mass is 345 g/mol. The third-order valence-electron chi connectivity index (χ3n) is 4.68. The summed E-state index contributed by atoms with van der Waals surface area (Å²) in [5.74, 6) is 1.61. The highest BCUT2D eigenvalue weighted by Gasteiger charge is 2.15. The molecule has 0 saturated carbocycles. The van der Waals surface area contributed by atoms with Gasteiger partial charge in [-0.15, -0.1) is 0 Å². The Bertz CT molecular complexity index is 855. The van der Waals surface area contributed by atoms with E-state index in [-0.39, 0.29) is 0 Å². The number of nitrogens with one attached hydrogen (secondary N) is 2. The lowest BCUT2D eigenvalue weighted by atomic mass is 10.1. The fourth-order valence-corrected chi connectivity index (χ4v) is 3.19. The van der Waals surface area contributed by atoms with Gasteiger partial charge in [0, 0.05) is 35.6 Å². The molecule has 2 N–H and O–H groups in total. The summed E-state index contributed by atoms with van der Waals surface area (Å²) in [6, 6.07) is 14.8. The Labute approximate surface area is 153 Å². The van der Waals surface area contributed by atoms with Gasteiger partial charge in [-0.2, -0.15) is 0 Å². The molecule has 1 aromatic carbocycles. The molecule has 1 aliphatic heterocycles. The van der Waals surface area contributed by atoms with Gasteiger partial charge >= 0.3 is 0 Å². The van der Waals surface area contributed by atoms with Gasteiger partial charge in [0.25, 0.3) is 0 Å². The standard InChI is InChI=1S/C21H23N5/c1-15-4-6-16(7-5-15)21-25-19(17-3-2-10-23-14-17)13-20(26-21)24-18-8-11-22-12-9-18/h2-7,10,13-14,18,22H,8-9,11-12H2,1H3,(H,24,25,26). The zero-order chi connectivity index (χ0) is 17.8. The van der Waals surface area contributed by atoms with Crippen LogP contribution in [0.2, 0.25) is 0 Å². The van der Waals surface area contributed by atoms with Crippen LogP contribution in [0.3, 0.4) is 0 Å². The minimum Gasteiger partial charge on any atom is -0.367 e. The molecule has 4 rings (SSSR count). The zero-order valence-corrected chi connectivity index (χ0v) is 14.9. The Balaban J connectivity index is 1.72. The van der Waals surface area contributed by atoms with Crippen molar-refractivity contribution >= 4 is 5.82 Å². The van der Waals surface area contributed by atoms with Crippen molar-refractivity contribution in [2.24, 2.45) is 0 Å². The quantitative estimate of drug-likeness (QED) is 0.755. The molecule has 0 amide bonds. The van der Waals surface area contributed by atoms with Crippen LogP contribution in [-0.4, -0.2) is 34.1 Å². The molecule has 3 aromatic rings. The van der Waals surface area contributed by atoms with Crippen LogP contribution in [0.5, 0.6) is 0 Å². The van der Waals surface area contributed by atoms with E-state index >= 15 is 0 Å². The van der Waals surface area contributed by atoms with Gasteiger partial charge < -0.3 is 10.6 Å². The third kappa shape index (κ3) is 3.89. The fraction of sp³-hybridized carbons (Fsp3) is 0.286. The molecule has 2 aromatic heterocycles. The Hall–Kier alpha value is -2.79. The molecule has 1 saturated heterocycles. The van der Waals surface area contributed by atoms with E-state index in [1.807, 2.05) is 24.4 Å². The molecule has 0 bridgehead atoms. The summed E-state index contributed by atoms with van der Waals surface area (Å²) in [4.78, 5) is 13.8. The molecule has 0 radical (unpaired) electrons. The number of hydrogen-bond donors (Lipinski definition) is 2. The molecule has 132 valence electrons. The first-order chi connectivity index (χ1) is 12.8. The third-order valence-corrected chi connectivity index (χ3v) is 4.68. The Morgan fingerprint density at radius 3 is 2.54 bits per heavy atom. The van der Waals surface area contributed by atoms with Gasteiger partial charge in [-0.25, -0.2) is 9.97 Å². The zero-order valence-electron chi connectivity index (χ0n) is 14.9. The van der Waals surface area contributed by atoms with Crippen LogP contribution in [0.25, 0.3) is 22.6 Å². The van der Waals surface area contributed by atoms with Gasteiger partial charge in [-0.1, -0.05) is 29.8 Å². The fourth-order valence-electron chi connectivity index (χ4n) is 3.19. The van der Waals surface area contributed by atoms with E-state index in [0.717, 1.165) is 54.4 Å². The molecule has 1 fully saturated rings. The number of benzene rings is 1. The molecule has 5 nitrogen and oxygen atoms in total. The number of hydrogen-bond acceptors (Lipinski definition) is 5. The predicted molar refractivity (Wildman–Crippen MR) is 105 cm³/mol. The smallest absolute Gasteiger partial charge is 0.162 e. The molecule has 26 heavy (non-hydrogen) atoms. The average molecular weight is 345 g/mol. The van der Waals surface area contributed by atoms with Crippen LogP contribution in [0.4, 0.5) is 5.82 Å². The Morgan fingerprint density at radius 1 is 1.00 bits per heavy atom. The molecule has 0 unspecified atom stereocenters. The predicted octanol–water partition coefficient (Wildman–Crippen LogP) is 3.68. The summed E-state index contributed by atoms with van der Waals surface area (Å²) in [6.07, 6.45) is 5.83. The molecular formula is C21H23N5. The van der Waals surface area contributed by atoms with E-state index in [2.05, 4.69) is 46.8 Å². The molecule has 0 spiro atoms. The van der Waals surface area contributed by atoms with E-state index in [1.165, 1.54) is 5.56 Å². The van der Waals surface area contributed by atoms with Crippen molar-refractivity contribution in [1.29, 1.82) is 0 Å². The van der Waals surface area contributed by atoms with Crippen LogP contribution in [0, 0.1) is 6.92 Å². The van der Waals surface area contributed by atoms with Crippen LogP contribution in [0.15, 0.2) is 54.9 Å². The van der Waals surface area contributed by atoms with Crippen LogP contribution in [0.1, 0.15) is 18.4 Å². The number of aryl methyl sites for hydroxylation is 1. The summed E-state index contributed by atoms with van der Waals surface area (Å²) in [5, 5.41) is 7.00. The van der Waals surface area contributed by atoms with Crippen molar-refractivity contribution in [2.75, 3.05) is 18.4 Å². The Morgan fingerprint density at radius 2 is 1.81 bits per heavy atom. The molecule has 3 heterocycles. The highest BCUT2D eigenvalue weighted by atomic mass is 15.1. The van der Waals surface area contributed by atoms with Gasteiger partial charge in [0.2, 0.25) is 0 Å². The van der Waals surface area contributed by atoms with E-state index in [9.17, 15) is 0 Å². The molecule has 1 aliphatic rings. The van der Waals surface area contributed by atoms with E-state index in [1.54, 1.807) is 6.20 Å². The van der Waals surface area contributed by atoms with Crippen LogP contribution >= 0.6 is 0 Å². The number of anilines is 1. The molecule has 5 heteroatoms. The summed E-state index contributed by atoms with van der Waals surface area (Å²) in [6.45, 7) is 4.17. The van der Waals surface area contributed by atoms with Crippen molar-refractivity contribution in [1.82, 2.24) is 20.3 Å². The van der Waals surface area contributed by atoms with Crippen molar-refractivity contribution in [2.45, 2.75) is 25.8 Å². The number of pyridine rings is 1. The van der Waals surface area contributed by atoms with Gasteiger partial charge in [0.05, 0.1) is 5.69 Å². The van der Waals surface area contributed by atoms with Crippen LogP contribution in [-0.2, 0) is 0 Å². The lowest BCUT2D eigenvalue weighted by molar-refractivity contribution is 0.478. The van der Waals surface area contributed by atoms with Gasteiger partial charge in [-0.3, -0.25) is 4.98 Å². The van der Waals surface area contributed by atoms with E-state index < -0.39 is 0 Å². The second-order valence-corrected chi connectivity index (χ2v) is 6.74. The van der Waals surface area contributed by atoms with Gasteiger partial charge in [0.1, 0.15) is 5.82 Å². The molecule has 0 aliphatic carbocycles. The SMILES string of the molecule is Cc1ccc(-c2nc(NC3CCNCC3)cc(-c3cccnc3)n2)cc1. The van der Waals surface area contributed by atoms with Crippen molar-refractivity contribution < 1.29 is 0 Å². The summed E-state index contributed by atoms with van der Waals surface area (Å²) >= 11 is 0. The van der Waals surface area contributed by atoms with E-state index in [0.29, 0.717) is 6.04 Å². The van der Waals surface area contributed by atoms with E-state index in [4.69, 9.17) is 9.97 Å². The largest absolute Gasteiger partial charge is 0.367 e. The van der Waals surface area contributed by atoms with Crippen molar-refractivity contribution in [3.63, 3.8) is 0 Å². The summed E-state index contributed by atoms with van der Waals surface area (Å²) in [5.41, 5.74) is 4.14. The lowest BCUT2D eigenvalue weighted by Crippen LogP contribution is -2.35. The minimum absolute atomic E-state index is 0.443. The number of piperidine rings is 1. The maximum Gasteiger partial charge on any atom is 0.162 e. The van der Waals surface area contributed by atoms with Gasteiger partial charge in [-0.05, 0) is 45.0 Å². The Kier molecular flexibility index (Phi) is 4.88. The first kappa shape index (κ1) is 16.7. The van der Waals surface area contributed by atoms with Gasteiger partial charge in [0.15, 0.2) is 5.82 Å². The average Bonchev–Trinajstić information content (AvgIpc) is 2.70. The molecule has 0 atom stereocenters. The second-order valence-electron chi connectivity index (χ2n) is 6.74.